The minimum atomic E-state index is -0.140. The zero-order valence-electron chi connectivity index (χ0n) is 20.8. The number of benzene rings is 1. The average molecular weight is 528 g/mol. The van der Waals surface area contributed by atoms with Crippen molar-refractivity contribution in [3.05, 3.63) is 40.2 Å². The Morgan fingerprint density at radius 2 is 1.86 bits per heavy atom. The van der Waals surface area contributed by atoms with Crippen molar-refractivity contribution in [2.24, 2.45) is 5.92 Å². The molecule has 2 aromatic heterocycles. The van der Waals surface area contributed by atoms with Crippen LogP contribution in [0.2, 0.25) is 5.02 Å². The number of carbonyl (C=O) groups is 2. The van der Waals surface area contributed by atoms with Crippen molar-refractivity contribution in [2.75, 3.05) is 43.5 Å². The zero-order chi connectivity index (χ0) is 25.4. The molecule has 190 valence electrons. The molecule has 2 aliphatic rings. The van der Waals surface area contributed by atoms with Crippen molar-refractivity contribution in [3.8, 4) is 5.75 Å². The fourth-order valence-electron chi connectivity index (χ4n) is 5.14. The summed E-state index contributed by atoms with van der Waals surface area (Å²) in [6.07, 6.45) is 5.14. The van der Waals surface area contributed by atoms with E-state index in [0.717, 1.165) is 53.1 Å². The van der Waals surface area contributed by atoms with Gasteiger partial charge in [-0.25, -0.2) is 4.98 Å². The van der Waals surface area contributed by atoms with Gasteiger partial charge in [-0.2, -0.15) is 4.37 Å². The quantitative estimate of drug-likeness (QED) is 0.499. The molecule has 1 aromatic carbocycles. The van der Waals surface area contributed by atoms with Crippen LogP contribution in [0.3, 0.4) is 0 Å². The van der Waals surface area contributed by atoms with Crippen molar-refractivity contribution >= 4 is 56.5 Å². The highest BCUT2D eigenvalue weighted by Gasteiger charge is 2.31. The first-order valence-corrected chi connectivity index (χ1v) is 13.5. The van der Waals surface area contributed by atoms with Gasteiger partial charge < -0.3 is 19.9 Å². The molecule has 0 bridgehead atoms. The topological polar surface area (TPSA) is 87.7 Å². The van der Waals surface area contributed by atoms with Gasteiger partial charge >= 0.3 is 0 Å². The Morgan fingerprint density at radius 3 is 2.56 bits per heavy atom. The second-order valence-corrected chi connectivity index (χ2v) is 10.7. The molecule has 5 rings (SSSR count). The van der Waals surface area contributed by atoms with Crippen molar-refractivity contribution < 1.29 is 14.3 Å². The lowest BCUT2D eigenvalue weighted by molar-refractivity contribution is -0.120. The van der Waals surface area contributed by atoms with Crippen LogP contribution in [0.4, 0.5) is 11.4 Å². The molecule has 2 saturated heterocycles. The van der Waals surface area contributed by atoms with Crippen molar-refractivity contribution in [3.63, 3.8) is 0 Å². The summed E-state index contributed by atoms with van der Waals surface area (Å²) in [5.41, 5.74) is 3.94. The number of rotatable bonds is 5. The van der Waals surface area contributed by atoms with Gasteiger partial charge in [0.15, 0.2) is 0 Å². The number of likely N-dealkylation sites (tertiary alicyclic amines) is 1. The van der Waals surface area contributed by atoms with Gasteiger partial charge in [0.05, 0.1) is 35.1 Å². The highest BCUT2D eigenvalue weighted by atomic mass is 35.5. The maximum Gasteiger partial charge on any atom is 0.257 e. The summed E-state index contributed by atoms with van der Waals surface area (Å²) in [6, 6.07) is 3.56. The molecule has 0 unspecified atom stereocenters. The second kappa shape index (κ2) is 10.2. The number of hydrogen-bond donors (Lipinski definition) is 1. The van der Waals surface area contributed by atoms with Gasteiger partial charge in [-0.15, -0.1) is 0 Å². The molecular formula is C26H30ClN5O3S. The van der Waals surface area contributed by atoms with E-state index in [4.69, 9.17) is 16.3 Å². The number of hydrogen-bond acceptors (Lipinski definition) is 7. The Bertz CT molecular complexity index is 1310. The van der Waals surface area contributed by atoms with Crippen LogP contribution in [0.25, 0.3) is 10.2 Å². The highest BCUT2D eigenvalue weighted by molar-refractivity contribution is 7.13. The number of carbonyl (C=O) groups excluding carboxylic acids is 2. The zero-order valence-corrected chi connectivity index (χ0v) is 22.3. The Balaban J connectivity index is 1.36. The van der Waals surface area contributed by atoms with Crippen LogP contribution in [0.5, 0.6) is 5.75 Å². The molecule has 0 radical (unpaired) electrons. The summed E-state index contributed by atoms with van der Waals surface area (Å²) in [4.78, 5) is 36.1. The molecule has 2 amide bonds. The minimum absolute atomic E-state index is 0.0312. The minimum Gasteiger partial charge on any atom is -0.495 e. The molecule has 0 atom stereocenters. The maximum absolute atomic E-state index is 13.4. The van der Waals surface area contributed by atoms with Crippen molar-refractivity contribution in [2.45, 2.75) is 39.5 Å². The van der Waals surface area contributed by atoms with Crippen LogP contribution in [0.15, 0.2) is 18.3 Å². The molecule has 4 heterocycles. The molecule has 36 heavy (non-hydrogen) atoms. The SMILES string of the molecule is COc1cc(Cl)c(C)cc1NC(=O)C1CCN(c2c(C(=O)N3CCCC3)cnc3snc(C)c23)CC1. The number of fused-ring (bicyclic) bond motifs is 1. The van der Waals surface area contributed by atoms with Gasteiger partial charge in [-0.3, -0.25) is 9.59 Å². The van der Waals surface area contributed by atoms with Gasteiger partial charge in [0.1, 0.15) is 10.6 Å². The average Bonchev–Trinajstić information content (AvgIpc) is 3.56. The largest absolute Gasteiger partial charge is 0.495 e. The molecule has 3 aromatic rings. The standard InChI is InChI=1S/C26H30ClN5O3S/c1-15-12-20(21(35-3)13-19(15)27)29-24(33)17-6-10-31(11-7-17)23-18(26(34)32-8-4-5-9-32)14-28-25-22(23)16(2)30-36-25/h12-14,17H,4-11H2,1-3H3,(H,29,33). The van der Waals surface area contributed by atoms with Gasteiger partial charge in [0.2, 0.25) is 5.91 Å². The summed E-state index contributed by atoms with van der Waals surface area (Å²) in [5.74, 6) is 0.406. The lowest BCUT2D eigenvalue weighted by atomic mass is 9.94. The van der Waals surface area contributed by atoms with Crippen LogP contribution >= 0.6 is 23.1 Å². The third-order valence-corrected chi connectivity index (χ3v) is 8.45. The second-order valence-electron chi connectivity index (χ2n) is 9.52. The monoisotopic (exact) mass is 527 g/mol. The summed E-state index contributed by atoms with van der Waals surface area (Å²) in [5, 5.41) is 4.58. The number of nitrogens with zero attached hydrogens (tertiary/aromatic N) is 4. The van der Waals surface area contributed by atoms with E-state index in [9.17, 15) is 9.59 Å². The third kappa shape index (κ3) is 4.62. The number of anilines is 2. The number of nitrogens with one attached hydrogen (secondary N) is 1. The van der Waals surface area contributed by atoms with E-state index in [1.54, 1.807) is 19.4 Å². The molecule has 0 saturated carbocycles. The summed E-state index contributed by atoms with van der Waals surface area (Å²) < 4.78 is 9.92. The van der Waals surface area contributed by atoms with E-state index in [1.165, 1.54) is 11.5 Å². The van der Waals surface area contributed by atoms with Crippen molar-refractivity contribution in [1.29, 1.82) is 0 Å². The molecule has 10 heteroatoms. The number of methoxy groups -OCH3 is 1. The smallest absolute Gasteiger partial charge is 0.257 e. The number of halogens is 1. The number of ether oxygens (including phenoxy) is 1. The number of piperidine rings is 1. The Hall–Kier alpha value is -2.91. The summed E-state index contributed by atoms with van der Waals surface area (Å²) in [7, 11) is 1.56. The molecule has 8 nitrogen and oxygen atoms in total. The van der Waals surface area contributed by atoms with E-state index in [-0.39, 0.29) is 17.7 Å². The van der Waals surface area contributed by atoms with E-state index in [1.807, 2.05) is 24.8 Å². The van der Waals surface area contributed by atoms with E-state index in [0.29, 0.717) is 48.0 Å². The molecule has 2 aliphatic heterocycles. The number of pyridine rings is 1. The number of amides is 2. The number of aryl methyl sites for hydroxylation is 2. The van der Waals surface area contributed by atoms with E-state index >= 15 is 0 Å². The molecule has 2 fully saturated rings. The van der Waals surface area contributed by atoms with Crippen LogP contribution in [0, 0.1) is 19.8 Å². The predicted molar refractivity (Wildman–Crippen MR) is 144 cm³/mol. The van der Waals surface area contributed by atoms with Gasteiger partial charge in [-0.1, -0.05) is 11.6 Å². The first-order valence-electron chi connectivity index (χ1n) is 12.3. The molecular weight excluding hydrogens is 498 g/mol. The highest BCUT2D eigenvalue weighted by Crippen LogP contribution is 2.38. The van der Waals surface area contributed by atoms with Crippen LogP contribution in [-0.4, -0.2) is 59.4 Å². The van der Waals surface area contributed by atoms with Gasteiger partial charge in [-0.05, 0) is 62.7 Å². The van der Waals surface area contributed by atoms with Crippen LogP contribution in [0.1, 0.15) is 47.3 Å². The fraction of sp³-hybridized carbons (Fsp3) is 0.462. The normalized spacial score (nSPS) is 16.6. The summed E-state index contributed by atoms with van der Waals surface area (Å²) >= 11 is 7.57. The first kappa shape index (κ1) is 24.8. The van der Waals surface area contributed by atoms with Gasteiger partial charge in [0, 0.05) is 49.4 Å². The Kier molecular flexibility index (Phi) is 7.03. The maximum atomic E-state index is 13.4. The lowest BCUT2D eigenvalue weighted by Gasteiger charge is -2.35. The van der Waals surface area contributed by atoms with Crippen molar-refractivity contribution in [1.82, 2.24) is 14.3 Å². The van der Waals surface area contributed by atoms with Gasteiger partial charge in [0.25, 0.3) is 5.91 Å². The van der Waals surface area contributed by atoms with E-state index < -0.39 is 0 Å². The van der Waals surface area contributed by atoms with Crippen LogP contribution in [-0.2, 0) is 4.79 Å². The lowest BCUT2D eigenvalue weighted by Crippen LogP contribution is -2.39. The molecule has 1 N–H and O–H groups in total. The predicted octanol–water partition coefficient (Wildman–Crippen LogP) is 5.06. The molecule has 0 spiro atoms. The molecule has 0 aliphatic carbocycles. The van der Waals surface area contributed by atoms with E-state index in [2.05, 4.69) is 19.6 Å². The third-order valence-electron chi connectivity index (χ3n) is 7.19. The van der Waals surface area contributed by atoms with Crippen LogP contribution < -0.4 is 15.0 Å². The number of aromatic nitrogens is 2. The fourth-order valence-corrected chi connectivity index (χ4v) is 6.05. The summed E-state index contributed by atoms with van der Waals surface area (Å²) in [6.45, 7) is 6.77. The Morgan fingerprint density at radius 1 is 1.14 bits per heavy atom. The Labute approximate surface area is 219 Å². The first-order chi connectivity index (χ1) is 17.4.